The summed E-state index contributed by atoms with van der Waals surface area (Å²) in [7, 11) is 0. The van der Waals surface area contributed by atoms with Gasteiger partial charge in [0, 0.05) is 5.88 Å². The molecule has 0 spiro atoms. The van der Waals surface area contributed by atoms with Crippen LogP contribution in [-0.4, -0.2) is 12.5 Å². The average molecular weight is 173 g/mol. The molecule has 0 saturated heterocycles. The van der Waals surface area contributed by atoms with E-state index in [4.69, 9.17) is 16.3 Å². The molecule has 11 heavy (non-hydrogen) atoms. The second-order valence-electron chi connectivity index (χ2n) is 2.55. The molecule has 1 aliphatic rings. The van der Waals surface area contributed by atoms with Gasteiger partial charge in [-0.1, -0.05) is 12.2 Å². The minimum atomic E-state index is 0.699. The van der Waals surface area contributed by atoms with Gasteiger partial charge in [0.15, 0.2) is 0 Å². The minimum Gasteiger partial charge on any atom is -0.501 e. The first-order valence-corrected chi connectivity index (χ1v) is 4.50. The van der Waals surface area contributed by atoms with Crippen molar-refractivity contribution in [3.63, 3.8) is 0 Å². The number of alkyl halides is 1. The van der Waals surface area contributed by atoms with Crippen molar-refractivity contribution in [1.82, 2.24) is 0 Å². The van der Waals surface area contributed by atoms with Crippen LogP contribution in [0.3, 0.4) is 0 Å². The molecule has 1 aliphatic heterocycles. The van der Waals surface area contributed by atoms with Crippen LogP contribution in [-0.2, 0) is 4.74 Å². The van der Waals surface area contributed by atoms with E-state index < -0.39 is 0 Å². The topological polar surface area (TPSA) is 9.23 Å². The minimum absolute atomic E-state index is 0.699. The maximum atomic E-state index is 5.52. The van der Waals surface area contributed by atoms with Gasteiger partial charge in [0.2, 0.25) is 0 Å². The fourth-order valence-electron chi connectivity index (χ4n) is 1.00. The molecule has 2 heteroatoms. The number of halogens is 1. The van der Waals surface area contributed by atoms with E-state index in [1.807, 2.05) is 6.26 Å². The van der Waals surface area contributed by atoms with Crippen molar-refractivity contribution in [3.05, 3.63) is 24.0 Å². The molecule has 0 unspecified atom stereocenters. The van der Waals surface area contributed by atoms with Gasteiger partial charge in [-0.25, -0.2) is 0 Å². The monoisotopic (exact) mass is 172 g/mol. The summed E-state index contributed by atoms with van der Waals surface area (Å²) in [5.74, 6) is 0.699. The lowest BCUT2D eigenvalue weighted by Gasteiger charge is -2.09. The molecule has 0 aromatic heterocycles. The lowest BCUT2D eigenvalue weighted by atomic mass is 10.1. The van der Waals surface area contributed by atoms with Crippen LogP contribution >= 0.6 is 11.6 Å². The van der Waals surface area contributed by atoms with Gasteiger partial charge in [0.1, 0.15) is 0 Å². The molecule has 0 radical (unpaired) electrons. The first kappa shape index (κ1) is 8.66. The highest BCUT2D eigenvalue weighted by Crippen LogP contribution is 2.12. The SMILES string of the molecule is ClCC/C=C/C1=COCCC1. The normalized spacial score (nSPS) is 18.1. The Labute approximate surface area is 72.7 Å². The molecule has 0 aromatic carbocycles. The largest absolute Gasteiger partial charge is 0.501 e. The standard InChI is InChI=1S/C9H13ClO/c10-6-2-1-4-9-5-3-7-11-8-9/h1,4,8H,2-3,5-7H2/b4-1+. The fourth-order valence-corrected chi connectivity index (χ4v) is 1.13. The highest BCUT2D eigenvalue weighted by molar-refractivity contribution is 6.17. The third-order valence-corrected chi connectivity index (χ3v) is 1.79. The van der Waals surface area contributed by atoms with Crippen LogP contribution < -0.4 is 0 Å². The third kappa shape index (κ3) is 3.47. The van der Waals surface area contributed by atoms with E-state index in [9.17, 15) is 0 Å². The summed E-state index contributed by atoms with van der Waals surface area (Å²) in [6.45, 7) is 0.868. The number of hydrogen-bond donors (Lipinski definition) is 0. The number of ether oxygens (including phenoxy) is 1. The molecule has 62 valence electrons. The molecule has 0 fully saturated rings. The van der Waals surface area contributed by atoms with Crippen LogP contribution in [0.25, 0.3) is 0 Å². The van der Waals surface area contributed by atoms with Gasteiger partial charge in [-0.2, -0.15) is 0 Å². The molecule has 0 atom stereocenters. The molecule has 0 N–H and O–H groups in total. The molecule has 0 aliphatic carbocycles. The van der Waals surface area contributed by atoms with Crippen LogP contribution in [0.5, 0.6) is 0 Å². The van der Waals surface area contributed by atoms with Crippen molar-refractivity contribution in [1.29, 1.82) is 0 Å². The Hall–Kier alpha value is -0.430. The predicted octanol–water partition coefficient (Wildman–Crippen LogP) is 2.87. The van der Waals surface area contributed by atoms with E-state index in [-0.39, 0.29) is 0 Å². The second-order valence-corrected chi connectivity index (χ2v) is 2.93. The van der Waals surface area contributed by atoms with E-state index >= 15 is 0 Å². The van der Waals surface area contributed by atoms with E-state index in [1.165, 1.54) is 5.57 Å². The molecular weight excluding hydrogens is 160 g/mol. The summed E-state index contributed by atoms with van der Waals surface area (Å²) in [5, 5.41) is 0. The van der Waals surface area contributed by atoms with Crippen LogP contribution in [0.2, 0.25) is 0 Å². The van der Waals surface area contributed by atoms with E-state index in [0.29, 0.717) is 5.88 Å². The lowest BCUT2D eigenvalue weighted by Crippen LogP contribution is -1.96. The molecule has 1 nitrogen and oxygen atoms in total. The van der Waals surface area contributed by atoms with Gasteiger partial charge >= 0.3 is 0 Å². The van der Waals surface area contributed by atoms with Crippen molar-refractivity contribution in [2.24, 2.45) is 0 Å². The molecule has 0 bridgehead atoms. The highest BCUT2D eigenvalue weighted by Gasteiger charge is 1.99. The van der Waals surface area contributed by atoms with E-state index in [0.717, 1.165) is 25.9 Å². The molecular formula is C9H13ClO. The van der Waals surface area contributed by atoms with Crippen LogP contribution in [0.1, 0.15) is 19.3 Å². The maximum absolute atomic E-state index is 5.52. The summed E-state index contributed by atoms with van der Waals surface area (Å²) in [5.41, 5.74) is 1.28. The number of rotatable bonds is 3. The quantitative estimate of drug-likeness (QED) is 0.595. The summed E-state index contributed by atoms with van der Waals surface area (Å²) < 4.78 is 5.17. The molecule has 0 amide bonds. The van der Waals surface area contributed by atoms with Crippen molar-refractivity contribution in [2.75, 3.05) is 12.5 Å². The third-order valence-electron chi connectivity index (χ3n) is 1.57. The molecule has 1 heterocycles. The highest BCUT2D eigenvalue weighted by atomic mass is 35.5. The van der Waals surface area contributed by atoms with Crippen molar-refractivity contribution < 1.29 is 4.74 Å². The Morgan fingerprint density at radius 2 is 2.55 bits per heavy atom. The second kappa shape index (κ2) is 5.25. The van der Waals surface area contributed by atoms with Gasteiger partial charge in [-0.15, -0.1) is 11.6 Å². The molecule has 1 rings (SSSR count). The number of hydrogen-bond acceptors (Lipinski definition) is 1. The summed E-state index contributed by atoms with van der Waals surface area (Å²) in [6.07, 6.45) is 9.25. The van der Waals surface area contributed by atoms with Crippen LogP contribution in [0.15, 0.2) is 24.0 Å². The Kier molecular flexibility index (Phi) is 4.14. The number of allylic oxidation sites excluding steroid dienone is 3. The zero-order chi connectivity index (χ0) is 7.94. The van der Waals surface area contributed by atoms with E-state index in [2.05, 4.69) is 12.2 Å². The van der Waals surface area contributed by atoms with E-state index in [1.54, 1.807) is 0 Å². The predicted molar refractivity (Wildman–Crippen MR) is 47.7 cm³/mol. The first-order chi connectivity index (χ1) is 5.43. The fraction of sp³-hybridized carbons (Fsp3) is 0.556. The Morgan fingerprint density at radius 3 is 3.18 bits per heavy atom. The van der Waals surface area contributed by atoms with Crippen LogP contribution in [0.4, 0.5) is 0 Å². The molecule has 0 aromatic rings. The van der Waals surface area contributed by atoms with Gasteiger partial charge in [-0.05, 0) is 24.8 Å². The summed E-state index contributed by atoms with van der Waals surface area (Å²) >= 11 is 5.52. The van der Waals surface area contributed by atoms with Crippen molar-refractivity contribution >= 4 is 11.6 Å². The van der Waals surface area contributed by atoms with Crippen molar-refractivity contribution in [2.45, 2.75) is 19.3 Å². The average Bonchev–Trinajstić information content (AvgIpc) is 2.07. The maximum Gasteiger partial charge on any atom is 0.0876 e. The smallest absolute Gasteiger partial charge is 0.0876 e. The Balaban J connectivity index is 2.29. The van der Waals surface area contributed by atoms with Gasteiger partial charge in [-0.3, -0.25) is 0 Å². The van der Waals surface area contributed by atoms with Gasteiger partial charge < -0.3 is 4.74 Å². The lowest BCUT2D eigenvalue weighted by molar-refractivity contribution is 0.227. The first-order valence-electron chi connectivity index (χ1n) is 3.96. The van der Waals surface area contributed by atoms with Gasteiger partial charge in [0.05, 0.1) is 12.9 Å². The van der Waals surface area contributed by atoms with Gasteiger partial charge in [0.25, 0.3) is 0 Å². The van der Waals surface area contributed by atoms with Crippen molar-refractivity contribution in [3.8, 4) is 0 Å². The summed E-state index contributed by atoms with van der Waals surface area (Å²) in [4.78, 5) is 0. The van der Waals surface area contributed by atoms with Crippen LogP contribution in [0, 0.1) is 0 Å². The molecule has 0 saturated carbocycles. The Morgan fingerprint density at radius 1 is 1.64 bits per heavy atom. The zero-order valence-electron chi connectivity index (χ0n) is 6.55. The Bertz CT molecular complexity index is 161. The summed E-state index contributed by atoms with van der Waals surface area (Å²) in [6, 6.07) is 0. The zero-order valence-corrected chi connectivity index (χ0v) is 7.31.